The van der Waals surface area contributed by atoms with Crippen molar-refractivity contribution in [2.24, 2.45) is 5.92 Å². The molecule has 1 aliphatic carbocycles. The molecule has 3 nitrogen and oxygen atoms in total. The molecule has 0 amide bonds. The summed E-state index contributed by atoms with van der Waals surface area (Å²) in [6, 6.07) is 4.26. The average molecular weight is 261 g/mol. The van der Waals surface area contributed by atoms with Crippen molar-refractivity contribution in [3.8, 4) is 6.07 Å². The largest absolute Gasteiger partial charge is 0.369 e. The van der Waals surface area contributed by atoms with Gasteiger partial charge in [-0.1, -0.05) is 6.92 Å². The molecule has 1 unspecified atom stereocenters. The zero-order chi connectivity index (χ0) is 13.0. The normalized spacial score (nSPS) is 14.9. The van der Waals surface area contributed by atoms with E-state index in [9.17, 15) is 5.26 Å². The van der Waals surface area contributed by atoms with Gasteiger partial charge in [0.1, 0.15) is 11.9 Å². The molecule has 4 heteroatoms. The number of anilines is 1. The van der Waals surface area contributed by atoms with Gasteiger partial charge in [0.2, 0.25) is 0 Å². The Labute approximate surface area is 113 Å². The van der Waals surface area contributed by atoms with Crippen molar-refractivity contribution in [3.63, 3.8) is 0 Å². The molecule has 1 aliphatic rings. The second kappa shape index (κ2) is 6.10. The topological polar surface area (TPSA) is 48.7 Å². The van der Waals surface area contributed by atoms with E-state index in [2.05, 4.69) is 29.5 Å². The lowest BCUT2D eigenvalue weighted by atomic mass is 10.1. The minimum atomic E-state index is 0.585. The molecule has 18 heavy (non-hydrogen) atoms. The van der Waals surface area contributed by atoms with Crippen LogP contribution in [0.3, 0.4) is 0 Å². The number of nitrogens with one attached hydrogen (secondary N) is 1. The third-order valence-corrected chi connectivity index (χ3v) is 4.14. The summed E-state index contributed by atoms with van der Waals surface area (Å²) < 4.78 is 0. The number of fused-ring (bicyclic) bond motifs is 1. The first-order chi connectivity index (χ1) is 8.74. The summed E-state index contributed by atoms with van der Waals surface area (Å²) in [7, 11) is 0. The summed E-state index contributed by atoms with van der Waals surface area (Å²) in [5.41, 5.74) is 3.12. The highest BCUT2D eigenvalue weighted by atomic mass is 32.2. The van der Waals surface area contributed by atoms with E-state index in [1.807, 2.05) is 17.8 Å². The molecule has 1 aromatic heterocycles. The molecule has 0 saturated carbocycles. The summed E-state index contributed by atoms with van der Waals surface area (Å²) in [5.74, 6) is 2.48. The fourth-order valence-electron chi connectivity index (χ4n) is 2.31. The SMILES string of the molecule is CSCC(C)CNc1nc2c(cc1C#N)CCC2. The highest BCUT2D eigenvalue weighted by Gasteiger charge is 2.16. The van der Waals surface area contributed by atoms with Crippen LogP contribution in [0, 0.1) is 17.2 Å². The summed E-state index contributed by atoms with van der Waals surface area (Å²) >= 11 is 1.85. The monoisotopic (exact) mass is 261 g/mol. The fourth-order valence-corrected chi connectivity index (χ4v) is 2.99. The van der Waals surface area contributed by atoms with E-state index >= 15 is 0 Å². The van der Waals surface area contributed by atoms with Crippen molar-refractivity contribution >= 4 is 17.6 Å². The van der Waals surface area contributed by atoms with Crippen molar-refractivity contribution < 1.29 is 0 Å². The van der Waals surface area contributed by atoms with Gasteiger partial charge in [0.25, 0.3) is 0 Å². The van der Waals surface area contributed by atoms with Gasteiger partial charge in [0, 0.05) is 12.2 Å². The van der Waals surface area contributed by atoms with Crippen LogP contribution in [0.5, 0.6) is 0 Å². The standard InChI is InChI=1S/C14H19N3S/c1-10(9-18-2)8-16-14-12(7-15)6-11-4-3-5-13(11)17-14/h6,10H,3-5,8-9H2,1-2H3,(H,16,17). The molecule has 0 aromatic carbocycles. The van der Waals surface area contributed by atoms with Gasteiger partial charge in [0.05, 0.1) is 5.56 Å². The first-order valence-electron chi connectivity index (χ1n) is 6.40. The van der Waals surface area contributed by atoms with Crippen molar-refractivity contribution in [3.05, 3.63) is 22.9 Å². The zero-order valence-corrected chi connectivity index (χ0v) is 11.8. The van der Waals surface area contributed by atoms with Crippen molar-refractivity contribution in [2.75, 3.05) is 23.9 Å². The van der Waals surface area contributed by atoms with Crippen LogP contribution >= 0.6 is 11.8 Å². The molecule has 0 aliphatic heterocycles. The van der Waals surface area contributed by atoms with E-state index in [0.29, 0.717) is 11.5 Å². The molecule has 0 bridgehead atoms. The second-order valence-corrected chi connectivity index (χ2v) is 5.81. The van der Waals surface area contributed by atoms with Crippen LogP contribution < -0.4 is 5.32 Å². The smallest absolute Gasteiger partial charge is 0.144 e. The van der Waals surface area contributed by atoms with Gasteiger partial charge in [0.15, 0.2) is 0 Å². The van der Waals surface area contributed by atoms with Gasteiger partial charge in [-0.3, -0.25) is 0 Å². The lowest BCUT2D eigenvalue weighted by Crippen LogP contribution is -2.15. The number of nitriles is 1. The van der Waals surface area contributed by atoms with Crippen LogP contribution in [0.25, 0.3) is 0 Å². The molecule has 2 rings (SSSR count). The van der Waals surface area contributed by atoms with Gasteiger partial charge in [-0.05, 0) is 48.8 Å². The van der Waals surface area contributed by atoms with Crippen LogP contribution in [0.2, 0.25) is 0 Å². The maximum absolute atomic E-state index is 9.18. The maximum Gasteiger partial charge on any atom is 0.144 e. The number of hydrogen-bond donors (Lipinski definition) is 1. The first kappa shape index (κ1) is 13.2. The molecule has 1 atom stereocenters. The minimum Gasteiger partial charge on any atom is -0.369 e. The molecule has 0 saturated heterocycles. The van der Waals surface area contributed by atoms with E-state index in [4.69, 9.17) is 0 Å². The minimum absolute atomic E-state index is 0.585. The summed E-state index contributed by atoms with van der Waals surface area (Å²) in [5, 5.41) is 12.5. The number of hydrogen-bond acceptors (Lipinski definition) is 4. The quantitative estimate of drug-likeness (QED) is 0.885. The van der Waals surface area contributed by atoms with Crippen LogP contribution in [0.1, 0.15) is 30.2 Å². The third-order valence-electron chi connectivity index (χ3n) is 3.24. The molecule has 1 aromatic rings. The Bertz CT molecular complexity index is 465. The van der Waals surface area contributed by atoms with E-state index in [-0.39, 0.29) is 0 Å². The number of aryl methyl sites for hydroxylation is 2. The molecular formula is C14H19N3S. The third kappa shape index (κ3) is 2.97. The molecule has 1 heterocycles. The zero-order valence-electron chi connectivity index (χ0n) is 11.0. The molecule has 0 fully saturated rings. The predicted molar refractivity (Wildman–Crippen MR) is 77.0 cm³/mol. The van der Waals surface area contributed by atoms with Crippen molar-refractivity contribution in [1.29, 1.82) is 5.26 Å². The summed E-state index contributed by atoms with van der Waals surface area (Å²) in [4.78, 5) is 4.62. The summed E-state index contributed by atoms with van der Waals surface area (Å²) in [6.45, 7) is 3.09. The Kier molecular flexibility index (Phi) is 4.48. The number of thioether (sulfide) groups is 1. The Hall–Kier alpha value is -1.21. The Morgan fingerprint density at radius 2 is 2.39 bits per heavy atom. The van der Waals surface area contributed by atoms with E-state index in [1.54, 1.807) is 0 Å². The van der Waals surface area contributed by atoms with Crippen LogP contribution in [0.15, 0.2) is 6.07 Å². The highest BCUT2D eigenvalue weighted by molar-refractivity contribution is 7.98. The number of nitrogens with zero attached hydrogens (tertiary/aromatic N) is 2. The lowest BCUT2D eigenvalue weighted by molar-refractivity contribution is 0.699. The number of aromatic nitrogens is 1. The first-order valence-corrected chi connectivity index (χ1v) is 7.79. The van der Waals surface area contributed by atoms with Crippen LogP contribution in [-0.4, -0.2) is 23.5 Å². The average Bonchev–Trinajstić information content (AvgIpc) is 2.82. The van der Waals surface area contributed by atoms with E-state index < -0.39 is 0 Å². The number of rotatable bonds is 5. The fraction of sp³-hybridized carbons (Fsp3) is 0.571. The Balaban J connectivity index is 2.10. The van der Waals surface area contributed by atoms with Gasteiger partial charge in [-0.15, -0.1) is 0 Å². The molecule has 0 spiro atoms. The van der Waals surface area contributed by atoms with E-state index in [1.165, 1.54) is 17.7 Å². The summed E-state index contributed by atoms with van der Waals surface area (Å²) in [6.07, 6.45) is 5.40. The van der Waals surface area contributed by atoms with Crippen molar-refractivity contribution in [2.45, 2.75) is 26.2 Å². The van der Waals surface area contributed by atoms with Crippen LogP contribution in [-0.2, 0) is 12.8 Å². The van der Waals surface area contributed by atoms with Crippen LogP contribution in [0.4, 0.5) is 5.82 Å². The maximum atomic E-state index is 9.18. The van der Waals surface area contributed by atoms with Gasteiger partial charge in [-0.2, -0.15) is 17.0 Å². The number of pyridine rings is 1. The molecular weight excluding hydrogens is 242 g/mol. The van der Waals surface area contributed by atoms with Gasteiger partial charge in [-0.25, -0.2) is 4.98 Å². The Morgan fingerprint density at radius 1 is 1.56 bits per heavy atom. The highest BCUT2D eigenvalue weighted by Crippen LogP contribution is 2.25. The van der Waals surface area contributed by atoms with Crippen molar-refractivity contribution in [1.82, 2.24) is 4.98 Å². The van der Waals surface area contributed by atoms with E-state index in [0.717, 1.165) is 31.0 Å². The lowest BCUT2D eigenvalue weighted by Gasteiger charge is -2.13. The second-order valence-electron chi connectivity index (χ2n) is 4.90. The Morgan fingerprint density at radius 3 is 3.11 bits per heavy atom. The predicted octanol–water partition coefficient (Wildman–Crippen LogP) is 2.85. The molecule has 0 radical (unpaired) electrons. The molecule has 96 valence electrons. The molecule has 1 N–H and O–H groups in total. The van der Waals surface area contributed by atoms with Gasteiger partial charge < -0.3 is 5.32 Å². The van der Waals surface area contributed by atoms with Gasteiger partial charge >= 0.3 is 0 Å².